The van der Waals surface area contributed by atoms with Crippen LogP contribution in [0.5, 0.6) is 5.75 Å². The van der Waals surface area contributed by atoms with E-state index in [1.165, 1.54) is 13.2 Å². The number of ether oxygens (including phenoxy) is 1. The first-order valence-electron chi connectivity index (χ1n) is 6.40. The van der Waals surface area contributed by atoms with Crippen LogP contribution in [0.25, 0.3) is 0 Å². The van der Waals surface area contributed by atoms with Gasteiger partial charge in [-0.05, 0) is 36.5 Å². The Morgan fingerprint density at radius 1 is 1.39 bits per heavy atom. The quantitative estimate of drug-likeness (QED) is 0.866. The van der Waals surface area contributed by atoms with Crippen molar-refractivity contribution in [1.29, 1.82) is 0 Å². The van der Waals surface area contributed by atoms with E-state index in [1.807, 2.05) is 0 Å². The second-order valence-electron chi connectivity index (χ2n) is 4.95. The topological polar surface area (TPSA) is 55.5 Å². The summed E-state index contributed by atoms with van der Waals surface area (Å²) in [6.45, 7) is 0. The lowest BCUT2D eigenvalue weighted by atomic mass is 9.91. The van der Waals surface area contributed by atoms with Gasteiger partial charge in [-0.3, -0.25) is 0 Å². The molecule has 2 rings (SSSR count). The molecule has 0 heterocycles. The molecule has 100 valence electrons. The van der Waals surface area contributed by atoms with E-state index in [0.717, 1.165) is 25.7 Å². The molecule has 4 heteroatoms. The lowest BCUT2D eigenvalue weighted by Crippen LogP contribution is -2.31. The molecule has 1 aromatic rings. The van der Waals surface area contributed by atoms with Crippen molar-refractivity contribution in [1.82, 2.24) is 0 Å². The smallest absolute Gasteiger partial charge is 0.165 e. The third-order valence-electron chi connectivity index (χ3n) is 3.81. The Hall–Kier alpha value is -1.13. The fourth-order valence-electron chi connectivity index (χ4n) is 2.67. The van der Waals surface area contributed by atoms with Gasteiger partial charge in [-0.2, -0.15) is 0 Å². The second kappa shape index (κ2) is 5.67. The molecule has 0 amide bonds. The highest BCUT2D eigenvalue weighted by atomic mass is 19.1. The molecular formula is C14H20FNO2. The summed E-state index contributed by atoms with van der Waals surface area (Å²) < 4.78 is 18.2. The van der Waals surface area contributed by atoms with E-state index in [2.05, 4.69) is 0 Å². The minimum atomic E-state index is -0.567. The Labute approximate surface area is 107 Å². The van der Waals surface area contributed by atoms with Crippen LogP contribution in [0.1, 0.15) is 37.3 Å². The molecule has 18 heavy (non-hydrogen) atoms. The van der Waals surface area contributed by atoms with Crippen LogP contribution in [-0.2, 0) is 0 Å². The first-order valence-corrected chi connectivity index (χ1v) is 6.40. The van der Waals surface area contributed by atoms with Crippen molar-refractivity contribution in [3.05, 3.63) is 29.6 Å². The summed E-state index contributed by atoms with van der Waals surface area (Å²) in [5.74, 6) is 0.0152. The number of methoxy groups -OCH3 is 1. The molecule has 3 N–H and O–H groups in total. The average Bonchev–Trinajstić information content (AvgIpc) is 2.91. The molecule has 1 aliphatic carbocycles. The summed E-state index contributed by atoms with van der Waals surface area (Å²) in [6, 6.07) is 4.02. The molecular weight excluding hydrogens is 233 g/mol. The van der Waals surface area contributed by atoms with Gasteiger partial charge in [-0.15, -0.1) is 0 Å². The van der Waals surface area contributed by atoms with Gasteiger partial charge < -0.3 is 15.6 Å². The number of benzene rings is 1. The van der Waals surface area contributed by atoms with Crippen LogP contribution in [0.15, 0.2) is 18.2 Å². The molecule has 0 aliphatic heterocycles. The van der Waals surface area contributed by atoms with Crippen LogP contribution in [0, 0.1) is 11.7 Å². The normalized spacial score (nSPS) is 19.8. The monoisotopic (exact) mass is 253 g/mol. The van der Waals surface area contributed by atoms with E-state index in [0.29, 0.717) is 5.56 Å². The van der Waals surface area contributed by atoms with Crippen molar-refractivity contribution in [3.8, 4) is 5.75 Å². The highest BCUT2D eigenvalue weighted by molar-refractivity contribution is 5.32. The molecule has 1 fully saturated rings. The summed E-state index contributed by atoms with van der Waals surface area (Å²) in [5, 5.41) is 10.2. The van der Waals surface area contributed by atoms with Crippen LogP contribution in [0.4, 0.5) is 4.39 Å². The third-order valence-corrected chi connectivity index (χ3v) is 3.81. The summed E-state index contributed by atoms with van der Waals surface area (Å²) in [4.78, 5) is 0. The van der Waals surface area contributed by atoms with Crippen molar-refractivity contribution in [2.24, 2.45) is 11.7 Å². The zero-order valence-corrected chi connectivity index (χ0v) is 10.6. The van der Waals surface area contributed by atoms with Gasteiger partial charge in [0.15, 0.2) is 11.6 Å². The van der Waals surface area contributed by atoms with E-state index in [-0.39, 0.29) is 11.7 Å². The summed E-state index contributed by atoms with van der Waals surface area (Å²) in [5.41, 5.74) is 6.78. The summed E-state index contributed by atoms with van der Waals surface area (Å²) in [6.07, 6.45) is 3.78. The number of hydrogen-bond acceptors (Lipinski definition) is 3. The van der Waals surface area contributed by atoms with Gasteiger partial charge in [0, 0.05) is 0 Å². The fraction of sp³-hybridized carbons (Fsp3) is 0.571. The van der Waals surface area contributed by atoms with Crippen molar-refractivity contribution < 1.29 is 14.2 Å². The van der Waals surface area contributed by atoms with E-state index < -0.39 is 18.0 Å². The number of halogens is 1. The standard InChI is InChI=1S/C14H20FNO2/c1-18-12-8-10(6-7-11(12)15)13(16)14(17)9-4-2-3-5-9/h6-9,13-14,17H,2-5,16H2,1H3/t13-,14+/m1/s1. The first kappa shape index (κ1) is 13.3. The molecule has 1 aliphatic rings. The van der Waals surface area contributed by atoms with Crippen molar-refractivity contribution in [2.75, 3.05) is 7.11 Å². The third kappa shape index (κ3) is 2.65. The predicted molar refractivity (Wildman–Crippen MR) is 67.8 cm³/mol. The number of nitrogens with two attached hydrogens (primary N) is 1. The lowest BCUT2D eigenvalue weighted by molar-refractivity contribution is 0.0844. The van der Waals surface area contributed by atoms with Gasteiger partial charge in [-0.1, -0.05) is 18.9 Å². The minimum Gasteiger partial charge on any atom is -0.494 e. The molecule has 3 nitrogen and oxygen atoms in total. The summed E-state index contributed by atoms with van der Waals surface area (Å²) >= 11 is 0. The number of hydrogen-bond donors (Lipinski definition) is 2. The van der Waals surface area contributed by atoms with E-state index in [9.17, 15) is 9.50 Å². The van der Waals surface area contributed by atoms with Gasteiger partial charge in [0.25, 0.3) is 0 Å². The number of aliphatic hydroxyl groups excluding tert-OH is 1. The van der Waals surface area contributed by atoms with Crippen LogP contribution in [-0.4, -0.2) is 18.3 Å². The molecule has 0 radical (unpaired) electrons. The highest BCUT2D eigenvalue weighted by Gasteiger charge is 2.29. The lowest BCUT2D eigenvalue weighted by Gasteiger charge is -2.24. The highest BCUT2D eigenvalue weighted by Crippen LogP contribution is 2.33. The number of aliphatic hydroxyl groups is 1. The average molecular weight is 253 g/mol. The van der Waals surface area contributed by atoms with Gasteiger partial charge in [0.2, 0.25) is 0 Å². The Bertz CT molecular complexity index is 405. The van der Waals surface area contributed by atoms with Gasteiger partial charge in [0.05, 0.1) is 19.3 Å². The predicted octanol–water partition coefficient (Wildman–Crippen LogP) is 2.39. The maximum Gasteiger partial charge on any atom is 0.165 e. The molecule has 0 saturated heterocycles. The largest absolute Gasteiger partial charge is 0.494 e. The molecule has 0 unspecified atom stereocenters. The molecule has 1 saturated carbocycles. The second-order valence-corrected chi connectivity index (χ2v) is 4.95. The SMILES string of the molecule is COc1cc([C@@H](N)[C@@H](O)C2CCCC2)ccc1F. The van der Waals surface area contributed by atoms with Gasteiger partial charge in [-0.25, -0.2) is 4.39 Å². The Morgan fingerprint density at radius 2 is 2.06 bits per heavy atom. The van der Waals surface area contributed by atoms with Crippen LogP contribution >= 0.6 is 0 Å². The molecule has 0 spiro atoms. The first-order chi connectivity index (χ1) is 8.63. The van der Waals surface area contributed by atoms with Crippen LogP contribution in [0.2, 0.25) is 0 Å². The molecule has 1 aromatic carbocycles. The Morgan fingerprint density at radius 3 is 2.67 bits per heavy atom. The van der Waals surface area contributed by atoms with Crippen LogP contribution < -0.4 is 10.5 Å². The zero-order chi connectivity index (χ0) is 13.1. The molecule has 2 atom stereocenters. The van der Waals surface area contributed by atoms with E-state index in [4.69, 9.17) is 10.5 Å². The van der Waals surface area contributed by atoms with Crippen molar-refractivity contribution in [3.63, 3.8) is 0 Å². The number of rotatable bonds is 4. The maximum absolute atomic E-state index is 13.3. The molecule has 0 aromatic heterocycles. The Balaban J connectivity index is 2.14. The fourth-order valence-corrected chi connectivity index (χ4v) is 2.67. The maximum atomic E-state index is 13.3. The summed E-state index contributed by atoms with van der Waals surface area (Å²) in [7, 11) is 1.42. The zero-order valence-electron chi connectivity index (χ0n) is 10.6. The molecule has 0 bridgehead atoms. The Kier molecular flexibility index (Phi) is 4.19. The minimum absolute atomic E-state index is 0.168. The van der Waals surface area contributed by atoms with Crippen molar-refractivity contribution in [2.45, 2.75) is 37.8 Å². The van der Waals surface area contributed by atoms with Gasteiger partial charge in [0.1, 0.15) is 0 Å². The van der Waals surface area contributed by atoms with Crippen LogP contribution in [0.3, 0.4) is 0 Å². The van der Waals surface area contributed by atoms with Gasteiger partial charge >= 0.3 is 0 Å². The van der Waals surface area contributed by atoms with E-state index in [1.54, 1.807) is 12.1 Å². The van der Waals surface area contributed by atoms with Crippen molar-refractivity contribution >= 4 is 0 Å². The van der Waals surface area contributed by atoms with E-state index >= 15 is 0 Å².